The Labute approximate surface area is 256 Å². The number of aliphatic hydroxyl groups is 1. The number of likely N-dealkylation sites (N-methyl/N-ethyl adjacent to an activating group) is 1. The van der Waals surface area contributed by atoms with E-state index in [-0.39, 0.29) is 55.4 Å². The van der Waals surface area contributed by atoms with Crippen molar-refractivity contribution in [1.82, 2.24) is 14.1 Å². The number of sulfonamides is 1. The van der Waals surface area contributed by atoms with Crippen LogP contribution in [0.4, 0.5) is 5.69 Å². The summed E-state index contributed by atoms with van der Waals surface area (Å²) in [4.78, 5) is 47.1. The Morgan fingerprint density at radius 3 is 2.30 bits per heavy atom. The minimum Gasteiger partial charge on any atom is -0.507 e. The third-order valence-electron chi connectivity index (χ3n) is 8.80. The minimum atomic E-state index is -3.93. The molecule has 0 radical (unpaired) electrons. The molecule has 3 fully saturated rings. The fourth-order valence-corrected chi connectivity index (χ4v) is 8.10. The van der Waals surface area contributed by atoms with Gasteiger partial charge in [-0.15, -0.1) is 0 Å². The predicted octanol–water partition coefficient (Wildman–Crippen LogP) is 1.37. The monoisotopic (exact) mass is 624 g/mol. The maximum atomic E-state index is 14.5. The Balaban J connectivity index is 1.46. The molecular formula is C31H36N4O8S. The first-order chi connectivity index (χ1) is 21.2. The Hall–Kier alpha value is -3.62. The average Bonchev–Trinajstić information content (AvgIpc) is 3.43. The summed E-state index contributed by atoms with van der Waals surface area (Å²) in [6.45, 7) is 6.46. The molecule has 1 spiro atoms. The largest absolute Gasteiger partial charge is 0.507 e. The number of nitrogens with zero attached hydrogens (tertiary/aromatic N) is 4. The van der Waals surface area contributed by atoms with Crippen LogP contribution in [0, 0.1) is 0 Å². The van der Waals surface area contributed by atoms with Crippen molar-refractivity contribution >= 4 is 39.1 Å². The van der Waals surface area contributed by atoms with E-state index < -0.39 is 38.9 Å². The molecule has 4 aliphatic rings. The van der Waals surface area contributed by atoms with Gasteiger partial charge >= 0.3 is 0 Å². The number of para-hydroxylation sites is 1. The number of fused-ring (bicyclic) bond motifs is 2. The molecule has 6 rings (SSSR count). The number of likely N-dealkylation sites (tertiary alicyclic amines) is 1. The molecule has 3 saturated heterocycles. The van der Waals surface area contributed by atoms with Crippen LogP contribution in [0.25, 0.3) is 5.76 Å². The van der Waals surface area contributed by atoms with Crippen molar-refractivity contribution in [2.24, 2.45) is 0 Å². The van der Waals surface area contributed by atoms with Crippen LogP contribution in [0.15, 0.2) is 59.0 Å². The molecule has 0 saturated carbocycles. The lowest BCUT2D eigenvalue weighted by Crippen LogP contribution is -2.52. The Morgan fingerprint density at radius 1 is 0.909 bits per heavy atom. The standard InChI is InChI=1S/C31H36N4O8S/c1-2-34-25-10-4-3-9-24(25)31(30(34)39)26(28(37)29(38)35(31)12-6-11-32-13-17-42-18-14-32)27(36)22-7-5-8-23(21-22)44(40,41)33-15-19-43-20-16-33/h3-5,7-10,21,36H,2,6,11-20H2,1H3/b27-26+. The zero-order valence-corrected chi connectivity index (χ0v) is 25.4. The molecule has 12 nitrogen and oxygen atoms in total. The molecule has 4 heterocycles. The maximum Gasteiger partial charge on any atom is 0.296 e. The second-order valence-corrected chi connectivity index (χ2v) is 13.1. The van der Waals surface area contributed by atoms with E-state index in [9.17, 15) is 27.9 Å². The number of morpholine rings is 2. The number of anilines is 1. The van der Waals surface area contributed by atoms with E-state index in [1.54, 1.807) is 31.2 Å². The van der Waals surface area contributed by atoms with Crippen molar-refractivity contribution in [3.63, 3.8) is 0 Å². The average molecular weight is 625 g/mol. The van der Waals surface area contributed by atoms with E-state index in [4.69, 9.17) is 9.47 Å². The lowest BCUT2D eigenvalue weighted by Gasteiger charge is -2.35. The number of carbonyl (C=O) groups is 3. The molecule has 0 aliphatic carbocycles. The van der Waals surface area contributed by atoms with E-state index in [0.29, 0.717) is 37.4 Å². The van der Waals surface area contributed by atoms with Crippen LogP contribution in [0.1, 0.15) is 24.5 Å². The molecule has 2 aromatic rings. The molecule has 1 unspecified atom stereocenters. The van der Waals surface area contributed by atoms with Crippen molar-refractivity contribution in [2.75, 3.05) is 77.1 Å². The van der Waals surface area contributed by atoms with Gasteiger partial charge in [0, 0.05) is 56.9 Å². The zero-order valence-electron chi connectivity index (χ0n) is 24.6. The molecule has 1 atom stereocenters. The topological polar surface area (TPSA) is 137 Å². The van der Waals surface area contributed by atoms with Crippen LogP contribution >= 0.6 is 0 Å². The molecule has 13 heteroatoms. The van der Waals surface area contributed by atoms with Gasteiger partial charge < -0.3 is 24.4 Å². The highest BCUT2D eigenvalue weighted by atomic mass is 32.2. The number of Topliss-reactive ketones (excluding diaryl/α,β-unsaturated/α-hetero) is 1. The summed E-state index contributed by atoms with van der Waals surface area (Å²) in [5.74, 6) is -2.98. The number of ketones is 1. The Morgan fingerprint density at radius 2 is 1.59 bits per heavy atom. The van der Waals surface area contributed by atoms with Crippen molar-refractivity contribution in [3.05, 3.63) is 65.2 Å². The molecular weight excluding hydrogens is 588 g/mol. The van der Waals surface area contributed by atoms with Gasteiger partial charge in [0.2, 0.25) is 10.0 Å². The number of ether oxygens (including phenoxy) is 2. The molecule has 0 aromatic heterocycles. The predicted molar refractivity (Wildman–Crippen MR) is 160 cm³/mol. The van der Waals surface area contributed by atoms with Crippen LogP contribution in [0.5, 0.6) is 0 Å². The highest BCUT2D eigenvalue weighted by Gasteiger charge is 2.66. The van der Waals surface area contributed by atoms with Crippen LogP contribution in [0.2, 0.25) is 0 Å². The van der Waals surface area contributed by atoms with Gasteiger partial charge in [-0.1, -0.05) is 30.3 Å². The summed E-state index contributed by atoms with van der Waals surface area (Å²) < 4.78 is 38.9. The summed E-state index contributed by atoms with van der Waals surface area (Å²) in [5.41, 5.74) is -1.26. The van der Waals surface area contributed by atoms with Gasteiger partial charge in [-0.05, 0) is 31.5 Å². The van der Waals surface area contributed by atoms with E-state index in [1.165, 1.54) is 38.4 Å². The van der Waals surface area contributed by atoms with Crippen LogP contribution in [0.3, 0.4) is 0 Å². The summed E-state index contributed by atoms with van der Waals surface area (Å²) in [5, 5.41) is 11.8. The van der Waals surface area contributed by atoms with Gasteiger partial charge in [0.05, 0.1) is 42.6 Å². The maximum absolute atomic E-state index is 14.5. The van der Waals surface area contributed by atoms with Gasteiger partial charge in [0.25, 0.3) is 17.6 Å². The first kappa shape index (κ1) is 30.4. The zero-order chi connectivity index (χ0) is 31.1. The van der Waals surface area contributed by atoms with E-state index in [2.05, 4.69) is 4.90 Å². The van der Waals surface area contributed by atoms with Crippen LogP contribution in [-0.4, -0.2) is 117 Å². The SMILES string of the molecule is CCN1C(=O)C2(/C(=C(/O)c3cccc(S(=O)(=O)N4CCOCC4)c3)C(=O)C(=O)N2CCCN2CCOCC2)c2ccccc21. The third kappa shape index (κ3) is 4.83. The first-order valence-corrected chi connectivity index (χ1v) is 16.4. The summed E-state index contributed by atoms with van der Waals surface area (Å²) in [7, 11) is -3.93. The summed E-state index contributed by atoms with van der Waals surface area (Å²) >= 11 is 0. The number of hydrogen-bond donors (Lipinski definition) is 1. The summed E-state index contributed by atoms with van der Waals surface area (Å²) in [6.07, 6.45) is 0.490. The number of rotatable bonds is 8. The normalized spacial score (nSPS) is 24.4. The van der Waals surface area contributed by atoms with Crippen LogP contribution < -0.4 is 4.90 Å². The van der Waals surface area contributed by atoms with Crippen molar-refractivity contribution in [2.45, 2.75) is 23.8 Å². The fourth-order valence-electron chi connectivity index (χ4n) is 6.64. The lowest BCUT2D eigenvalue weighted by atomic mass is 9.82. The van der Waals surface area contributed by atoms with Crippen molar-refractivity contribution in [1.29, 1.82) is 0 Å². The number of aliphatic hydroxyl groups excluding tert-OH is 1. The fraction of sp³-hybridized carbons (Fsp3) is 0.452. The first-order valence-electron chi connectivity index (χ1n) is 14.9. The van der Waals surface area contributed by atoms with E-state index in [1.807, 2.05) is 0 Å². The quantitative estimate of drug-likeness (QED) is 0.262. The smallest absolute Gasteiger partial charge is 0.296 e. The van der Waals surface area contributed by atoms with Crippen molar-refractivity contribution in [3.8, 4) is 0 Å². The van der Waals surface area contributed by atoms with Gasteiger partial charge in [0.1, 0.15) is 5.76 Å². The number of benzene rings is 2. The number of hydrogen-bond acceptors (Lipinski definition) is 9. The Kier molecular flexibility index (Phi) is 8.33. The van der Waals surface area contributed by atoms with Gasteiger partial charge in [0.15, 0.2) is 5.54 Å². The highest BCUT2D eigenvalue weighted by molar-refractivity contribution is 7.89. The third-order valence-corrected chi connectivity index (χ3v) is 10.7. The molecule has 44 heavy (non-hydrogen) atoms. The second-order valence-electron chi connectivity index (χ2n) is 11.1. The Bertz CT molecular complexity index is 1610. The van der Waals surface area contributed by atoms with Gasteiger partial charge in [-0.2, -0.15) is 4.31 Å². The van der Waals surface area contributed by atoms with Gasteiger partial charge in [-0.3, -0.25) is 19.3 Å². The molecule has 2 amide bonds. The lowest BCUT2D eigenvalue weighted by molar-refractivity contribution is -0.143. The summed E-state index contributed by atoms with van der Waals surface area (Å²) in [6, 6.07) is 12.6. The molecule has 234 valence electrons. The van der Waals surface area contributed by atoms with E-state index in [0.717, 1.165) is 13.1 Å². The molecule has 4 aliphatic heterocycles. The number of carbonyl (C=O) groups excluding carboxylic acids is 3. The highest BCUT2D eigenvalue weighted by Crippen LogP contribution is 2.53. The molecule has 0 bridgehead atoms. The second kappa shape index (κ2) is 12.1. The van der Waals surface area contributed by atoms with E-state index >= 15 is 0 Å². The molecule has 1 N–H and O–H groups in total. The minimum absolute atomic E-state index is 0.0188. The van der Waals surface area contributed by atoms with Gasteiger partial charge in [-0.25, -0.2) is 8.42 Å². The van der Waals surface area contributed by atoms with Crippen LogP contribution in [-0.2, 0) is 39.4 Å². The van der Waals surface area contributed by atoms with Crippen molar-refractivity contribution < 1.29 is 37.4 Å². The molecule has 2 aromatic carbocycles. The number of amides is 2.